The van der Waals surface area contributed by atoms with E-state index in [1.165, 1.54) is 12.8 Å². The Morgan fingerprint density at radius 1 is 1.24 bits per heavy atom. The van der Waals surface area contributed by atoms with Crippen molar-refractivity contribution in [1.82, 2.24) is 0 Å². The van der Waals surface area contributed by atoms with Crippen LogP contribution in [-0.4, -0.2) is 19.1 Å². The first-order valence-electron chi connectivity index (χ1n) is 8.26. The van der Waals surface area contributed by atoms with E-state index in [1.807, 2.05) is 19.1 Å². The molecule has 2 rings (SSSR count). The number of rotatable bonds is 4. The number of benzene rings is 1. The number of halogens is 1. The molecule has 2 atom stereocenters. The molecule has 0 aromatic heterocycles. The van der Waals surface area contributed by atoms with Gasteiger partial charge in [0, 0.05) is 19.1 Å². The summed E-state index contributed by atoms with van der Waals surface area (Å²) in [5, 5.41) is 0. The molecule has 1 aliphatic rings. The second-order valence-corrected chi connectivity index (χ2v) is 6.89. The van der Waals surface area contributed by atoms with Crippen LogP contribution in [0.2, 0.25) is 0 Å². The normalized spacial score (nSPS) is 21.4. The van der Waals surface area contributed by atoms with Gasteiger partial charge in [0.2, 0.25) is 0 Å². The standard InChI is InChI=1S/C18H29FN2/c1-13(2)16-5-4-9-21(10-8-16)18-7-6-15(11-14(3)20)12-17(18)19/h6-7,12-14,16H,4-5,8-11,20H2,1-3H3. The van der Waals surface area contributed by atoms with E-state index in [9.17, 15) is 4.39 Å². The van der Waals surface area contributed by atoms with Crippen LogP contribution >= 0.6 is 0 Å². The molecule has 2 N–H and O–H groups in total. The zero-order valence-corrected chi connectivity index (χ0v) is 13.6. The van der Waals surface area contributed by atoms with E-state index in [0.717, 1.165) is 49.0 Å². The van der Waals surface area contributed by atoms with Crippen LogP contribution in [0.25, 0.3) is 0 Å². The van der Waals surface area contributed by atoms with Crippen molar-refractivity contribution in [3.8, 4) is 0 Å². The molecule has 0 aliphatic carbocycles. The highest BCUT2D eigenvalue weighted by Crippen LogP contribution is 2.29. The minimum Gasteiger partial charge on any atom is -0.369 e. The van der Waals surface area contributed by atoms with E-state index < -0.39 is 0 Å². The second kappa shape index (κ2) is 7.26. The van der Waals surface area contributed by atoms with Crippen LogP contribution in [0.1, 0.15) is 45.6 Å². The molecule has 1 aliphatic heterocycles. The summed E-state index contributed by atoms with van der Waals surface area (Å²) in [4.78, 5) is 2.22. The fourth-order valence-electron chi connectivity index (χ4n) is 3.34. The minimum absolute atomic E-state index is 0.0697. The van der Waals surface area contributed by atoms with Crippen molar-refractivity contribution >= 4 is 5.69 Å². The van der Waals surface area contributed by atoms with Crippen molar-refractivity contribution in [2.45, 2.75) is 52.5 Å². The quantitative estimate of drug-likeness (QED) is 0.909. The Morgan fingerprint density at radius 2 is 2.00 bits per heavy atom. The Hall–Kier alpha value is -1.09. The lowest BCUT2D eigenvalue weighted by Gasteiger charge is -2.24. The molecule has 21 heavy (non-hydrogen) atoms. The summed E-state index contributed by atoms with van der Waals surface area (Å²) in [5.41, 5.74) is 7.53. The molecular weight excluding hydrogens is 263 g/mol. The van der Waals surface area contributed by atoms with E-state index in [-0.39, 0.29) is 11.9 Å². The monoisotopic (exact) mass is 292 g/mol. The minimum atomic E-state index is -0.101. The van der Waals surface area contributed by atoms with Crippen molar-refractivity contribution < 1.29 is 4.39 Å². The fraction of sp³-hybridized carbons (Fsp3) is 0.667. The molecule has 3 heteroatoms. The fourth-order valence-corrected chi connectivity index (χ4v) is 3.34. The molecular formula is C18H29FN2. The maximum absolute atomic E-state index is 14.4. The van der Waals surface area contributed by atoms with Crippen LogP contribution in [0.5, 0.6) is 0 Å². The lowest BCUT2D eigenvalue weighted by Crippen LogP contribution is -2.25. The summed E-state index contributed by atoms with van der Waals surface area (Å²) in [6.07, 6.45) is 4.31. The topological polar surface area (TPSA) is 29.3 Å². The van der Waals surface area contributed by atoms with Crippen LogP contribution in [-0.2, 0) is 6.42 Å². The van der Waals surface area contributed by atoms with Gasteiger partial charge in [0.15, 0.2) is 0 Å². The third-order valence-electron chi connectivity index (χ3n) is 4.63. The Balaban J connectivity index is 2.07. The van der Waals surface area contributed by atoms with Crippen LogP contribution < -0.4 is 10.6 Å². The Kier molecular flexibility index (Phi) is 5.63. The van der Waals surface area contributed by atoms with Crippen LogP contribution in [0, 0.1) is 17.7 Å². The highest BCUT2D eigenvalue weighted by Gasteiger charge is 2.21. The lowest BCUT2D eigenvalue weighted by atomic mass is 9.89. The molecule has 1 aromatic rings. The van der Waals surface area contributed by atoms with E-state index in [2.05, 4.69) is 18.7 Å². The van der Waals surface area contributed by atoms with Gasteiger partial charge in [-0.05, 0) is 62.1 Å². The summed E-state index contributed by atoms with van der Waals surface area (Å²) in [7, 11) is 0. The summed E-state index contributed by atoms with van der Waals surface area (Å²) in [5.74, 6) is 1.40. The van der Waals surface area contributed by atoms with Gasteiger partial charge in [0.1, 0.15) is 5.82 Å². The van der Waals surface area contributed by atoms with Crippen molar-refractivity contribution in [2.75, 3.05) is 18.0 Å². The van der Waals surface area contributed by atoms with Gasteiger partial charge in [0.05, 0.1) is 5.69 Å². The first-order valence-corrected chi connectivity index (χ1v) is 8.26. The molecule has 0 saturated carbocycles. The van der Waals surface area contributed by atoms with Gasteiger partial charge in [-0.25, -0.2) is 4.39 Å². The van der Waals surface area contributed by atoms with Gasteiger partial charge in [-0.3, -0.25) is 0 Å². The molecule has 0 bridgehead atoms. The number of nitrogens with zero attached hydrogens (tertiary/aromatic N) is 1. The molecule has 118 valence electrons. The third kappa shape index (κ3) is 4.44. The van der Waals surface area contributed by atoms with E-state index in [4.69, 9.17) is 5.73 Å². The number of hydrogen-bond acceptors (Lipinski definition) is 2. The predicted molar refractivity (Wildman–Crippen MR) is 88.1 cm³/mol. The zero-order chi connectivity index (χ0) is 15.4. The van der Waals surface area contributed by atoms with Gasteiger partial charge in [0.25, 0.3) is 0 Å². The molecule has 1 saturated heterocycles. The second-order valence-electron chi connectivity index (χ2n) is 6.89. The summed E-state index contributed by atoms with van der Waals surface area (Å²) < 4.78 is 14.4. The summed E-state index contributed by atoms with van der Waals surface area (Å²) in [6.45, 7) is 8.47. The number of anilines is 1. The molecule has 1 aromatic carbocycles. The Morgan fingerprint density at radius 3 is 2.62 bits per heavy atom. The van der Waals surface area contributed by atoms with E-state index in [0.29, 0.717) is 0 Å². The van der Waals surface area contributed by atoms with Crippen LogP contribution in [0.15, 0.2) is 18.2 Å². The average Bonchev–Trinajstić information content (AvgIpc) is 2.64. The van der Waals surface area contributed by atoms with Crippen molar-refractivity contribution in [2.24, 2.45) is 17.6 Å². The molecule has 1 heterocycles. The molecule has 2 unspecified atom stereocenters. The van der Waals surface area contributed by atoms with Gasteiger partial charge < -0.3 is 10.6 Å². The number of hydrogen-bond donors (Lipinski definition) is 1. The summed E-state index contributed by atoms with van der Waals surface area (Å²) >= 11 is 0. The maximum atomic E-state index is 14.4. The molecule has 0 amide bonds. The highest BCUT2D eigenvalue weighted by atomic mass is 19.1. The third-order valence-corrected chi connectivity index (χ3v) is 4.63. The smallest absolute Gasteiger partial charge is 0.146 e. The molecule has 2 nitrogen and oxygen atoms in total. The van der Waals surface area contributed by atoms with E-state index in [1.54, 1.807) is 6.07 Å². The van der Waals surface area contributed by atoms with Gasteiger partial charge in [-0.15, -0.1) is 0 Å². The maximum Gasteiger partial charge on any atom is 0.146 e. The molecule has 0 radical (unpaired) electrons. The lowest BCUT2D eigenvalue weighted by molar-refractivity contribution is 0.351. The van der Waals surface area contributed by atoms with Crippen LogP contribution in [0.3, 0.4) is 0 Å². The summed E-state index contributed by atoms with van der Waals surface area (Å²) in [6, 6.07) is 5.68. The first kappa shape index (κ1) is 16.3. The Labute approximate surface area is 128 Å². The molecule has 1 fully saturated rings. The van der Waals surface area contributed by atoms with Crippen LogP contribution in [0.4, 0.5) is 10.1 Å². The average molecular weight is 292 g/mol. The highest BCUT2D eigenvalue weighted by molar-refractivity contribution is 5.49. The van der Waals surface area contributed by atoms with Gasteiger partial charge in [-0.1, -0.05) is 19.9 Å². The zero-order valence-electron chi connectivity index (χ0n) is 13.6. The van der Waals surface area contributed by atoms with Crippen molar-refractivity contribution in [1.29, 1.82) is 0 Å². The van der Waals surface area contributed by atoms with E-state index >= 15 is 0 Å². The SMILES string of the molecule is CC(N)Cc1ccc(N2CCCC(C(C)C)CC2)c(F)c1. The largest absolute Gasteiger partial charge is 0.369 e. The number of nitrogens with two attached hydrogens (primary N) is 1. The van der Waals surface area contributed by atoms with Crippen molar-refractivity contribution in [3.63, 3.8) is 0 Å². The predicted octanol–water partition coefficient (Wildman–Crippen LogP) is 3.98. The van der Waals surface area contributed by atoms with Gasteiger partial charge in [-0.2, -0.15) is 0 Å². The van der Waals surface area contributed by atoms with Crippen molar-refractivity contribution in [3.05, 3.63) is 29.6 Å². The molecule has 0 spiro atoms. The first-order chi connectivity index (χ1) is 9.97. The van der Waals surface area contributed by atoms with Gasteiger partial charge >= 0.3 is 0 Å². The Bertz CT molecular complexity index is 457.